The van der Waals surface area contributed by atoms with Crippen LogP contribution in [0.1, 0.15) is 87.0 Å². The van der Waals surface area contributed by atoms with Gasteiger partial charge in [0.05, 0.1) is 0 Å². The molecule has 1 aliphatic carbocycles. The summed E-state index contributed by atoms with van der Waals surface area (Å²) in [6.45, 7) is 4.50. The van der Waals surface area contributed by atoms with E-state index in [1.165, 1.54) is 67.2 Å². The van der Waals surface area contributed by atoms with Crippen LogP contribution in [0.15, 0.2) is 66.7 Å². The summed E-state index contributed by atoms with van der Waals surface area (Å²) in [5.41, 5.74) is 6.98. The van der Waals surface area contributed by atoms with Crippen molar-refractivity contribution in [1.82, 2.24) is 0 Å². The molecule has 4 rings (SSSR count). The van der Waals surface area contributed by atoms with Gasteiger partial charge in [-0.05, 0) is 90.7 Å². The van der Waals surface area contributed by atoms with Gasteiger partial charge in [-0.3, -0.25) is 0 Å². The Labute approximate surface area is 200 Å². The number of aryl methyl sites for hydroxylation is 3. The Hall–Kier alpha value is -2.41. The molecule has 0 saturated heterocycles. The molecule has 1 heteroatoms. The van der Waals surface area contributed by atoms with Gasteiger partial charge in [0, 0.05) is 5.56 Å². The van der Waals surface area contributed by atoms with Crippen LogP contribution in [-0.4, -0.2) is 0 Å². The highest BCUT2D eigenvalue weighted by Crippen LogP contribution is 2.38. The summed E-state index contributed by atoms with van der Waals surface area (Å²) in [4.78, 5) is 0. The fraction of sp³-hybridized carbons (Fsp3) is 0.438. The molecule has 0 atom stereocenters. The predicted molar refractivity (Wildman–Crippen MR) is 139 cm³/mol. The molecule has 0 heterocycles. The van der Waals surface area contributed by atoms with E-state index in [0.29, 0.717) is 5.92 Å². The third-order valence-electron chi connectivity index (χ3n) is 7.54. The molecule has 0 amide bonds. The summed E-state index contributed by atoms with van der Waals surface area (Å²) in [6, 6.07) is 23.5. The molecule has 33 heavy (non-hydrogen) atoms. The lowest BCUT2D eigenvalue weighted by Gasteiger charge is -2.28. The van der Waals surface area contributed by atoms with Crippen molar-refractivity contribution in [2.24, 2.45) is 5.92 Å². The highest BCUT2D eigenvalue weighted by Gasteiger charge is 2.22. The summed E-state index contributed by atoms with van der Waals surface area (Å²) < 4.78 is 15.0. The van der Waals surface area contributed by atoms with E-state index in [1.54, 1.807) is 6.07 Å². The maximum atomic E-state index is 15.0. The Kier molecular flexibility index (Phi) is 8.37. The van der Waals surface area contributed by atoms with E-state index >= 15 is 4.39 Å². The van der Waals surface area contributed by atoms with Crippen molar-refractivity contribution in [3.8, 4) is 11.1 Å². The number of hydrogen-bond acceptors (Lipinski definition) is 0. The smallest absolute Gasteiger partial charge is 0.131 e. The van der Waals surface area contributed by atoms with Gasteiger partial charge >= 0.3 is 0 Å². The molecule has 0 N–H and O–H groups in total. The molecule has 0 unspecified atom stereocenters. The van der Waals surface area contributed by atoms with Crippen LogP contribution in [0.5, 0.6) is 0 Å². The van der Waals surface area contributed by atoms with Gasteiger partial charge in [0.25, 0.3) is 0 Å². The largest absolute Gasteiger partial charge is 0.206 e. The first-order valence-electron chi connectivity index (χ1n) is 13.1. The molecule has 1 saturated carbocycles. The molecule has 0 radical (unpaired) electrons. The quantitative estimate of drug-likeness (QED) is 0.310. The Morgan fingerprint density at radius 1 is 0.667 bits per heavy atom. The second-order valence-corrected chi connectivity index (χ2v) is 10.0. The summed E-state index contributed by atoms with van der Waals surface area (Å²) >= 11 is 0. The molecular formula is C32H39F. The fourth-order valence-corrected chi connectivity index (χ4v) is 5.51. The van der Waals surface area contributed by atoms with Gasteiger partial charge in [-0.15, -0.1) is 0 Å². The van der Waals surface area contributed by atoms with E-state index in [0.717, 1.165) is 36.3 Å². The summed E-state index contributed by atoms with van der Waals surface area (Å²) in [6.07, 6.45) is 12.0. The van der Waals surface area contributed by atoms with Gasteiger partial charge in [-0.25, -0.2) is 4.39 Å². The zero-order valence-electron chi connectivity index (χ0n) is 20.5. The zero-order valence-corrected chi connectivity index (χ0v) is 20.5. The molecule has 174 valence electrons. The van der Waals surface area contributed by atoms with Gasteiger partial charge in [-0.2, -0.15) is 0 Å². The Morgan fingerprint density at radius 2 is 1.24 bits per heavy atom. The summed E-state index contributed by atoms with van der Waals surface area (Å²) in [5.74, 6) is 1.33. The minimum absolute atomic E-state index is 0.0805. The molecule has 1 aliphatic rings. The topological polar surface area (TPSA) is 0 Å². The molecule has 0 nitrogen and oxygen atoms in total. The first kappa shape index (κ1) is 23.7. The zero-order chi connectivity index (χ0) is 23.0. The lowest BCUT2D eigenvalue weighted by atomic mass is 9.77. The van der Waals surface area contributed by atoms with Crippen molar-refractivity contribution in [3.05, 3.63) is 94.8 Å². The number of hydrogen-bond donors (Lipinski definition) is 0. The summed E-state index contributed by atoms with van der Waals surface area (Å²) in [5, 5.41) is 0. The van der Waals surface area contributed by atoms with Crippen LogP contribution < -0.4 is 0 Å². The Morgan fingerprint density at radius 3 is 1.79 bits per heavy atom. The molecule has 0 bridgehead atoms. The molecule has 3 aromatic rings. The standard InChI is InChI=1S/C32H39F/c1-3-5-24-7-9-26(10-8-24)11-12-27-15-19-29(20-16-27)31-22-21-30(23-32(31)33)28-17-13-25(6-4-2)14-18-28/h7-10,15-16,19-23,25,28H,3-6,11-14,17-18H2,1-2H3/t25-,28-. The normalized spacial score (nSPS) is 18.4. The lowest BCUT2D eigenvalue weighted by Crippen LogP contribution is -2.13. The van der Waals surface area contributed by atoms with Crippen molar-refractivity contribution in [3.63, 3.8) is 0 Å². The van der Waals surface area contributed by atoms with E-state index in [4.69, 9.17) is 0 Å². The van der Waals surface area contributed by atoms with E-state index in [2.05, 4.69) is 68.4 Å². The van der Waals surface area contributed by atoms with Crippen LogP contribution in [0, 0.1) is 11.7 Å². The first-order valence-corrected chi connectivity index (χ1v) is 13.1. The van der Waals surface area contributed by atoms with Crippen LogP contribution in [0.4, 0.5) is 4.39 Å². The van der Waals surface area contributed by atoms with Crippen LogP contribution in [-0.2, 0) is 19.3 Å². The SMILES string of the molecule is CCCc1ccc(CCc2ccc(-c3ccc([C@H]4CC[C@H](CCC)CC4)cc3F)cc2)cc1. The van der Waals surface area contributed by atoms with Crippen molar-refractivity contribution in [1.29, 1.82) is 0 Å². The summed E-state index contributed by atoms with van der Waals surface area (Å²) in [7, 11) is 0. The maximum Gasteiger partial charge on any atom is 0.131 e. The molecule has 0 aromatic heterocycles. The predicted octanol–water partition coefficient (Wildman–Crippen LogP) is 9.30. The van der Waals surface area contributed by atoms with Gasteiger partial charge in [0.15, 0.2) is 0 Å². The van der Waals surface area contributed by atoms with Gasteiger partial charge in [-0.1, -0.05) is 93.8 Å². The van der Waals surface area contributed by atoms with Crippen LogP contribution in [0.25, 0.3) is 11.1 Å². The van der Waals surface area contributed by atoms with Gasteiger partial charge in [0.1, 0.15) is 5.82 Å². The minimum Gasteiger partial charge on any atom is -0.206 e. The van der Waals surface area contributed by atoms with Crippen molar-refractivity contribution in [2.45, 2.75) is 84.0 Å². The molecular weight excluding hydrogens is 403 g/mol. The first-order chi connectivity index (χ1) is 16.2. The van der Waals surface area contributed by atoms with Crippen LogP contribution >= 0.6 is 0 Å². The van der Waals surface area contributed by atoms with Gasteiger partial charge < -0.3 is 0 Å². The lowest BCUT2D eigenvalue weighted by molar-refractivity contribution is 0.308. The Bertz CT molecular complexity index is 992. The Balaban J connectivity index is 1.35. The fourth-order valence-electron chi connectivity index (χ4n) is 5.51. The van der Waals surface area contributed by atoms with Gasteiger partial charge in [0.2, 0.25) is 0 Å². The molecule has 0 aliphatic heterocycles. The van der Waals surface area contributed by atoms with E-state index < -0.39 is 0 Å². The minimum atomic E-state index is -0.0805. The monoisotopic (exact) mass is 442 g/mol. The second kappa shape index (κ2) is 11.6. The third kappa shape index (κ3) is 6.34. The maximum absolute atomic E-state index is 15.0. The van der Waals surface area contributed by atoms with Crippen molar-refractivity contribution < 1.29 is 4.39 Å². The highest BCUT2D eigenvalue weighted by molar-refractivity contribution is 5.65. The molecule has 0 spiro atoms. The van der Waals surface area contributed by atoms with E-state index in [-0.39, 0.29) is 5.82 Å². The van der Waals surface area contributed by atoms with E-state index in [1.807, 2.05) is 6.07 Å². The molecule has 3 aromatic carbocycles. The molecule has 1 fully saturated rings. The van der Waals surface area contributed by atoms with E-state index in [9.17, 15) is 0 Å². The average molecular weight is 443 g/mol. The second-order valence-electron chi connectivity index (χ2n) is 10.0. The van der Waals surface area contributed by atoms with Crippen molar-refractivity contribution in [2.75, 3.05) is 0 Å². The average Bonchev–Trinajstić information content (AvgIpc) is 2.85. The third-order valence-corrected chi connectivity index (χ3v) is 7.54. The van der Waals surface area contributed by atoms with Crippen LogP contribution in [0.2, 0.25) is 0 Å². The number of rotatable bonds is 9. The van der Waals surface area contributed by atoms with Crippen molar-refractivity contribution >= 4 is 0 Å². The highest BCUT2D eigenvalue weighted by atomic mass is 19.1. The van der Waals surface area contributed by atoms with Crippen LogP contribution in [0.3, 0.4) is 0 Å². The number of benzene rings is 3. The number of halogens is 1.